The summed E-state index contributed by atoms with van der Waals surface area (Å²) in [6.45, 7) is 7.29. The first kappa shape index (κ1) is 30.1. The van der Waals surface area contributed by atoms with E-state index in [4.69, 9.17) is 36.1 Å². The van der Waals surface area contributed by atoms with Gasteiger partial charge >= 0.3 is 0 Å². The highest BCUT2D eigenvalue weighted by molar-refractivity contribution is 7.80. The second kappa shape index (κ2) is 15.2. The maximum Gasteiger partial charge on any atom is 0.261 e. The molecule has 1 heterocycles. The minimum Gasteiger partial charge on any atom is -0.483 e. The first-order valence-electron chi connectivity index (χ1n) is 11.8. The molecule has 0 saturated carbocycles. The topological polar surface area (TPSA) is 156 Å². The molecule has 1 aliphatic heterocycles. The summed E-state index contributed by atoms with van der Waals surface area (Å²) in [6.07, 6.45) is 3.94. The van der Waals surface area contributed by atoms with E-state index >= 15 is 0 Å². The summed E-state index contributed by atoms with van der Waals surface area (Å²) in [5.41, 5.74) is 21.4. The van der Waals surface area contributed by atoms with Gasteiger partial charge in [-0.25, -0.2) is 4.21 Å². The van der Waals surface area contributed by atoms with Gasteiger partial charge in [0.15, 0.2) is 0 Å². The Bertz CT molecular complexity index is 940. The molecule has 0 fully saturated rings. The third-order valence-electron chi connectivity index (χ3n) is 5.68. The molecule has 1 aliphatic rings. The van der Waals surface area contributed by atoms with Gasteiger partial charge < -0.3 is 36.1 Å². The van der Waals surface area contributed by atoms with E-state index in [1.54, 1.807) is 19.2 Å². The summed E-state index contributed by atoms with van der Waals surface area (Å²) in [5.74, 6) is 0.687. The largest absolute Gasteiger partial charge is 0.483 e. The zero-order valence-electron chi connectivity index (χ0n) is 21.4. The van der Waals surface area contributed by atoms with Gasteiger partial charge in [-0.3, -0.25) is 8.86 Å². The number of ether oxygens (including phenoxy) is 4. The fourth-order valence-electron chi connectivity index (χ4n) is 3.76. The van der Waals surface area contributed by atoms with Crippen molar-refractivity contribution in [2.75, 3.05) is 70.6 Å². The van der Waals surface area contributed by atoms with Crippen molar-refractivity contribution < 1.29 is 27.7 Å². The predicted molar refractivity (Wildman–Crippen MR) is 143 cm³/mol. The second-order valence-electron chi connectivity index (χ2n) is 8.52. The van der Waals surface area contributed by atoms with E-state index in [0.29, 0.717) is 57.5 Å². The van der Waals surface area contributed by atoms with Gasteiger partial charge in [0.05, 0.1) is 45.3 Å². The van der Waals surface area contributed by atoms with Gasteiger partial charge in [-0.15, -0.1) is 0 Å². The molecule has 0 radical (unpaired) electrons. The maximum absolute atomic E-state index is 11.9. The fraction of sp³-hybridized carbons (Fsp3) is 0.520. The number of benzene rings is 1. The number of rotatable bonds is 16. The van der Waals surface area contributed by atoms with Crippen LogP contribution in [0.4, 0.5) is 5.69 Å². The third kappa shape index (κ3) is 8.49. The van der Waals surface area contributed by atoms with Crippen LogP contribution in [0.15, 0.2) is 52.8 Å². The highest BCUT2D eigenvalue weighted by atomic mass is 32.2. The summed E-state index contributed by atoms with van der Waals surface area (Å²) in [7, 11) is 1.61. The first-order chi connectivity index (χ1) is 17.3. The van der Waals surface area contributed by atoms with Crippen LogP contribution in [0.5, 0.6) is 0 Å². The van der Waals surface area contributed by atoms with Gasteiger partial charge in [-0.2, -0.15) is 0 Å². The van der Waals surface area contributed by atoms with E-state index in [1.165, 1.54) is 4.31 Å². The standard InChI is InChI=1S/C25H40N4O6S/c1-25(2)23(22(18-28)24(35-25)20(16-26)17-27)9-6-19-4-7-21(8-5-19)29(36(30)31)10-11-33-14-15-34-13-12-32-3/h4-9H,10-18,26-28H2,1-3H3,(H,30,31). The Balaban J connectivity index is 2.06. The monoisotopic (exact) mass is 524 g/mol. The summed E-state index contributed by atoms with van der Waals surface area (Å²) in [4.78, 5) is 0. The molecule has 11 heteroatoms. The Morgan fingerprint density at radius 3 is 2.19 bits per heavy atom. The quantitative estimate of drug-likeness (QED) is 0.186. The minimum absolute atomic E-state index is 0.258. The Morgan fingerprint density at radius 2 is 1.64 bits per heavy atom. The Hall–Kier alpha value is -2.09. The van der Waals surface area contributed by atoms with Crippen LogP contribution in [-0.2, 0) is 30.2 Å². The lowest BCUT2D eigenvalue weighted by atomic mass is 9.93. The normalized spacial score (nSPS) is 16.0. The molecule has 2 rings (SSSR count). The molecule has 0 amide bonds. The van der Waals surface area contributed by atoms with E-state index in [9.17, 15) is 8.76 Å². The molecule has 36 heavy (non-hydrogen) atoms. The van der Waals surface area contributed by atoms with E-state index in [1.807, 2.05) is 38.1 Å². The molecular weight excluding hydrogens is 484 g/mol. The van der Waals surface area contributed by atoms with Crippen molar-refractivity contribution in [3.8, 4) is 0 Å². The number of hydrogen-bond donors (Lipinski definition) is 4. The van der Waals surface area contributed by atoms with Gasteiger partial charge in [0.1, 0.15) is 11.4 Å². The highest BCUT2D eigenvalue weighted by Gasteiger charge is 2.36. The molecule has 0 saturated heterocycles. The van der Waals surface area contributed by atoms with Gasteiger partial charge in [0, 0.05) is 37.9 Å². The average molecular weight is 525 g/mol. The lowest BCUT2D eigenvalue weighted by Crippen LogP contribution is -2.29. The SMILES string of the molecule is COCCOCCOCCN(c1ccc(C=CC2=C(CN)C(=C(CN)CN)OC2(C)C)cc1)S(=O)O. The number of methoxy groups -OCH3 is 1. The van der Waals surface area contributed by atoms with Crippen LogP contribution < -0.4 is 21.5 Å². The van der Waals surface area contributed by atoms with Crippen LogP contribution in [0.3, 0.4) is 0 Å². The number of nitrogens with zero attached hydrogens (tertiary/aromatic N) is 1. The first-order valence-corrected chi connectivity index (χ1v) is 12.9. The molecule has 1 atom stereocenters. The summed E-state index contributed by atoms with van der Waals surface area (Å²) >= 11 is -2.18. The number of nitrogens with two attached hydrogens (primary N) is 3. The van der Waals surface area contributed by atoms with Crippen LogP contribution in [0.1, 0.15) is 19.4 Å². The summed E-state index contributed by atoms with van der Waals surface area (Å²) in [5, 5.41) is 0. The van der Waals surface area contributed by atoms with Crippen LogP contribution in [0.25, 0.3) is 6.08 Å². The van der Waals surface area contributed by atoms with Crippen LogP contribution in [0.2, 0.25) is 0 Å². The average Bonchev–Trinajstić information content (AvgIpc) is 3.12. The molecule has 10 nitrogen and oxygen atoms in total. The van der Waals surface area contributed by atoms with Gasteiger partial charge in [0.25, 0.3) is 11.3 Å². The van der Waals surface area contributed by atoms with Crippen molar-refractivity contribution in [1.29, 1.82) is 0 Å². The van der Waals surface area contributed by atoms with Crippen molar-refractivity contribution in [3.05, 3.63) is 58.4 Å². The second-order valence-corrected chi connectivity index (χ2v) is 9.43. The maximum atomic E-state index is 11.9. The molecule has 0 bridgehead atoms. The van der Waals surface area contributed by atoms with Gasteiger partial charge in [0.2, 0.25) is 0 Å². The van der Waals surface area contributed by atoms with Gasteiger partial charge in [-0.1, -0.05) is 24.3 Å². The Kier molecular flexibility index (Phi) is 12.7. The smallest absolute Gasteiger partial charge is 0.261 e. The molecule has 1 unspecified atom stereocenters. The molecule has 1 aromatic rings. The number of hydrogen-bond acceptors (Lipinski definition) is 8. The fourth-order valence-corrected chi connectivity index (χ4v) is 4.29. The van der Waals surface area contributed by atoms with Crippen molar-refractivity contribution in [1.82, 2.24) is 0 Å². The molecule has 0 aromatic heterocycles. The van der Waals surface area contributed by atoms with E-state index in [-0.39, 0.29) is 13.2 Å². The van der Waals surface area contributed by atoms with Crippen LogP contribution in [0, 0.1) is 0 Å². The minimum atomic E-state index is -2.18. The molecule has 1 aromatic carbocycles. The molecule has 0 aliphatic carbocycles. The van der Waals surface area contributed by atoms with Gasteiger partial charge in [-0.05, 0) is 37.1 Å². The zero-order valence-corrected chi connectivity index (χ0v) is 22.2. The molecule has 7 N–H and O–H groups in total. The van der Waals surface area contributed by atoms with Crippen LogP contribution in [-0.4, -0.2) is 80.7 Å². The molecular formula is C25H40N4O6S. The van der Waals surface area contributed by atoms with E-state index in [0.717, 1.165) is 22.3 Å². The highest BCUT2D eigenvalue weighted by Crippen LogP contribution is 2.40. The zero-order chi connectivity index (χ0) is 26.6. The van der Waals surface area contributed by atoms with Crippen molar-refractivity contribution >= 4 is 23.0 Å². The molecule has 0 spiro atoms. The van der Waals surface area contributed by atoms with Crippen molar-refractivity contribution in [3.63, 3.8) is 0 Å². The molecule has 202 valence electrons. The summed E-state index contributed by atoms with van der Waals surface area (Å²) < 4.78 is 44.9. The van der Waals surface area contributed by atoms with Crippen molar-refractivity contribution in [2.24, 2.45) is 17.2 Å². The lowest BCUT2D eigenvalue weighted by Gasteiger charge is -2.22. The van der Waals surface area contributed by atoms with E-state index in [2.05, 4.69) is 0 Å². The predicted octanol–water partition coefficient (Wildman–Crippen LogP) is 1.56. The number of anilines is 1. The van der Waals surface area contributed by atoms with Crippen LogP contribution >= 0.6 is 0 Å². The van der Waals surface area contributed by atoms with E-state index < -0.39 is 16.9 Å². The Morgan fingerprint density at radius 1 is 1.03 bits per heavy atom. The van der Waals surface area contributed by atoms with Crippen molar-refractivity contribution in [2.45, 2.75) is 19.4 Å². The lowest BCUT2D eigenvalue weighted by molar-refractivity contribution is 0.0268. The summed E-state index contributed by atoms with van der Waals surface area (Å²) in [6, 6.07) is 7.35. The Labute approximate surface area is 216 Å². The third-order valence-corrected chi connectivity index (χ3v) is 6.45.